The minimum absolute atomic E-state index is 0. The molecular formula is C14H23ClN2O. The lowest BCUT2D eigenvalue weighted by Crippen LogP contribution is -2.45. The van der Waals surface area contributed by atoms with E-state index in [0.29, 0.717) is 0 Å². The first-order valence-electron chi connectivity index (χ1n) is 6.17. The molecule has 0 aliphatic rings. The lowest BCUT2D eigenvalue weighted by atomic mass is 10.0. The predicted octanol–water partition coefficient (Wildman–Crippen LogP) is 2.66. The maximum atomic E-state index is 11.9. The lowest BCUT2D eigenvalue weighted by molar-refractivity contribution is -0.124. The van der Waals surface area contributed by atoms with E-state index in [9.17, 15) is 4.79 Å². The van der Waals surface area contributed by atoms with Gasteiger partial charge in [-0.2, -0.15) is 0 Å². The van der Waals surface area contributed by atoms with E-state index in [1.54, 1.807) is 0 Å². The molecule has 4 heteroatoms. The quantitative estimate of drug-likeness (QED) is 0.864. The van der Waals surface area contributed by atoms with Gasteiger partial charge in [-0.05, 0) is 17.9 Å². The molecule has 0 radical (unpaired) electrons. The zero-order chi connectivity index (χ0) is 12.8. The van der Waals surface area contributed by atoms with Gasteiger partial charge in [-0.1, -0.05) is 51.1 Å². The fraction of sp³-hybridized carbons (Fsp3) is 0.500. The van der Waals surface area contributed by atoms with Crippen LogP contribution in [0, 0.1) is 5.92 Å². The molecular weight excluding hydrogens is 248 g/mol. The molecule has 3 nitrogen and oxygen atoms in total. The van der Waals surface area contributed by atoms with Gasteiger partial charge < -0.3 is 11.1 Å². The number of halogens is 1. The third-order valence-corrected chi connectivity index (χ3v) is 2.95. The Balaban J connectivity index is 0.00000289. The number of hydrogen-bond donors (Lipinski definition) is 2. The fourth-order valence-electron chi connectivity index (χ4n) is 1.68. The van der Waals surface area contributed by atoms with Crippen molar-refractivity contribution >= 4 is 18.3 Å². The van der Waals surface area contributed by atoms with Crippen LogP contribution >= 0.6 is 12.4 Å². The number of nitrogens with two attached hydrogens (primary N) is 1. The zero-order valence-electron chi connectivity index (χ0n) is 11.2. The monoisotopic (exact) mass is 270 g/mol. The van der Waals surface area contributed by atoms with E-state index in [1.807, 2.05) is 44.2 Å². The lowest BCUT2D eigenvalue weighted by Gasteiger charge is -2.21. The van der Waals surface area contributed by atoms with Crippen molar-refractivity contribution in [3.8, 4) is 0 Å². The zero-order valence-corrected chi connectivity index (χ0v) is 12.0. The molecule has 0 unspecified atom stereocenters. The highest BCUT2D eigenvalue weighted by Crippen LogP contribution is 2.16. The summed E-state index contributed by atoms with van der Waals surface area (Å²) in [4.78, 5) is 11.9. The van der Waals surface area contributed by atoms with Gasteiger partial charge in [0.25, 0.3) is 0 Å². The van der Waals surface area contributed by atoms with Gasteiger partial charge in [-0.15, -0.1) is 12.4 Å². The van der Waals surface area contributed by atoms with Gasteiger partial charge in [0.15, 0.2) is 0 Å². The van der Waals surface area contributed by atoms with Gasteiger partial charge in [-0.3, -0.25) is 4.79 Å². The Labute approximate surface area is 116 Å². The second-order valence-electron chi connectivity index (χ2n) is 4.65. The Morgan fingerprint density at radius 2 is 1.83 bits per heavy atom. The minimum atomic E-state index is -0.437. The van der Waals surface area contributed by atoms with E-state index in [-0.39, 0.29) is 30.3 Å². The van der Waals surface area contributed by atoms with Crippen LogP contribution in [0.2, 0.25) is 0 Å². The van der Waals surface area contributed by atoms with Crippen molar-refractivity contribution in [1.82, 2.24) is 5.32 Å². The summed E-state index contributed by atoms with van der Waals surface area (Å²) in [6.45, 7) is 5.96. The van der Waals surface area contributed by atoms with Crippen LogP contribution in [-0.2, 0) is 4.79 Å². The van der Waals surface area contributed by atoms with Crippen LogP contribution in [0.15, 0.2) is 30.3 Å². The normalized spacial score (nSPS) is 13.6. The molecule has 18 heavy (non-hydrogen) atoms. The first kappa shape index (κ1) is 16.9. The van der Waals surface area contributed by atoms with E-state index in [4.69, 9.17) is 5.73 Å². The largest absolute Gasteiger partial charge is 0.348 e. The maximum absolute atomic E-state index is 11.9. The summed E-state index contributed by atoms with van der Waals surface area (Å²) < 4.78 is 0. The van der Waals surface area contributed by atoms with Crippen LogP contribution in [0.25, 0.3) is 0 Å². The van der Waals surface area contributed by atoms with E-state index >= 15 is 0 Å². The molecule has 0 aliphatic carbocycles. The Bertz CT molecular complexity index is 354. The van der Waals surface area contributed by atoms with Crippen molar-refractivity contribution in [3.63, 3.8) is 0 Å². The molecule has 1 amide bonds. The molecule has 0 aliphatic heterocycles. The summed E-state index contributed by atoms with van der Waals surface area (Å²) in [6.07, 6.45) is 0.862. The molecule has 0 aromatic heterocycles. The summed E-state index contributed by atoms with van der Waals surface area (Å²) in [5, 5.41) is 3.00. The highest BCUT2D eigenvalue weighted by atomic mass is 35.5. The summed E-state index contributed by atoms with van der Waals surface area (Å²) in [7, 11) is 0. The number of carbonyl (C=O) groups excluding carboxylic acids is 1. The molecule has 3 N–H and O–H groups in total. The molecule has 0 spiro atoms. The second kappa shape index (κ2) is 8.11. The van der Waals surface area contributed by atoms with Crippen LogP contribution in [0.1, 0.15) is 38.8 Å². The van der Waals surface area contributed by atoms with Gasteiger partial charge in [0.2, 0.25) is 5.91 Å². The third-order valence-electron chi connectivity index (χ3n) is 2.95. The Morgan fingerprint density at radius 3 is 2.28 bits per heavy atom. The van der Waals surface area contributed by atoms with Gasteiger partial charge in [0, 0.05) is 0 Å². The molecule has 1 rings (SSSR count). The summed E-state index contributed by atoms with van der Waals surface area (Å²) in [5.41, 5.74) is 6.95. The molecule has 1 aromatic carbocycles. The molecule has 0 saturated heterocycles. The second-order valence-corrected chi connectivity index (χ2v) is 4.65. The summed E-state index contributed by atoms with van der Waals surface area (Å²) in [6, 6.07) is 9.59. The first-order valence-corrected chi connectivity index (χ1v) is 6.17. The summed E-state index contributed by atoms with van der Waals surface area (Å²) in [5.74, 6) is 0.0824. The van der Waals surface area contributed by atoms with Crippen molar-refractivity contribution in [2.75, 3.05) is 0 Å². The van der Waals surface area contributed by atoms with Crippen molar-refractivity contribution in [2.24, 2.45) is 11.7 Å². The van der Waals surface area contributed by atoms with Crippen LogP contribution in [0.3, 0.4) is 0 Å². The molecule has 102 valence electrons. The molecule has 1 aromatic rings. The first-order chi connectivity index (χ1) is 8.06. The number of amides is 1. The van der Waals surface area contributed by atoms with Gasteiger partial charge >= 0.3 is 0 Å². The molecule has 0 heterocycles. The van der Waals surface area contributed by atoms with E-state index in [2.05, 4.69) is 12.2 Å². The van der Waals surface area contributed by atoms with Crippen molar-refractivity contribution in [2.45, 2.75) is 39.3 Å². The molecule has 0 saturated carbocycles. The molecule has 0 bridgehead atoms. The van der Waals surface area contributed by atoms with E-state index < -0.39 is 6.04 Å². The van der Waals surface area contributed by atoms with Crippen molar-refractivity contribution in [3.05, 3.63) is 35.9 Å². The van der Waals surface area contributed by atoms with Gasteiger partial charge in [0.05, 0.1) is 12.1 Å². The maximum Gasteiger partial charge on any atom is 0.237 e. The number of rotatable bonds is 5. The molecule has 2 atom stereocenters. The number of hydrogen-bond acceptors (Lipinski definition) is 2. The van der Waals surface area contributed by atoms with Crippen molar-refractivity contribution in [1.29, 1.82) is 0 Å². The summed E-state index contributed by atoms with van der Waals surface area (Å²) >= 11 is 0. The van der Waals surface area contributed by atoms with E-state index in [1.165, 1.54) is 0 Å². The predicted molar refractivity (Wildman–Crippen MR) is 77.7 cm³/mol. The smallest absolute Gasteiger partial charge is 0.237 e. The number of nitrogens with one attached hydrogen (secondary N) is 1. The van der Waals surface area contributed by atoms with Gasteiger partial charge in [-0.25, -0.2) is 0 Å². The highest BCUT2D eigenvalue weighted by Gasteiger charge is 2.20. The standard InChI is InChI=1S/C14H22N2O.ClH/c1-4-12(11-8-6-5-7-9-11)16-14(17)13(15)10(2)3;/h5-10,12-13H,4,15H2,1-3H3,(H,16,17);1H/t12-,13-;/m1./s1. The topological polar surface area (TPSA) is 55.1 Å². The SMILES string of the molecule is CC[C@@H](NC(=O)[C@H](N)C(C)C)c1ccccc1.Cl. The van der Waals surface area contributed by atoms with Crippen LogP contribution in [-0.4, -0.2) is 11.9 Å². The van der Waals surface area contributed by atoms with Crippen LogP contribution in [0.4, 0.5) is 0 Å². The molecule has 0 fully saturated rings. The Kier molecular flexibility index (Phi) is 7.64. The van der Waals surface area contributed by atoms with Crippen LogP contribution < -0.4 is 11.1 Å². The Morgan fingerprint density at radius 1 is 1.28 bits per heavy atom. The van der Waals surface area contributed by atoms with Crippen molar-refractivity contribution < 1.29 is 4.79 Å². The number of benzene rings is 1. The highest BCUT2D eigenvalue weighted by molar-refractivity contribution is 5.85. The average Bonchev–Trinajstić information content (AvgIpc) is 2.35. The fourth-order valence-corrected chi connectivity index (χ4v) is 1.68. The number of carbonyl (C=O) groups is 1. The van der Waals surface area contributed by atoms with E-state index in [0.717, 1.165) is 12.0 Å². The average molecular weight is 271 g/mol. The third kappa shape index (κ3) is 4.67. The minimum Gasteiger partial charge on any atom is -0.348 e. The van der Waals surface area contributed by atoms with Crippen LogP contribution in [0.5, 0.6) is 0 Å². The Hall–Kier alpha value is -1.06. The van der Waals surface area contributed by atoms with Gasteiger partial charge in [0.1, 0.15) is 0 Å².